The zero-order valence-corrected chi connectivity index (χ0v) is 8.10. The summed E-state index contributed by atoms with van der Waals surface area (Å²) in [4.78, 5) is 15.7. The van der Waals surface area contributed by atoms with Crippen LogP contribution in [0.25, 0.3) is 5.53 Å². The van der Waals surface area contributed by atoms with Gasteiger partial charge in [-0.1, -0.05) is 6.08 Å². The van der Waals surface area contributed by atoms with Crippen LogP contribution < -0.4 is 0 Å². The lowest BCUT2D eigenvalue weighted by atomic mass is 10.1. The average molecular weight is 181 g/mol. The van der Waals surface area contributed by atoms with Crippen LogP contribution in [0.4, 0.5) is 0 Å². The van der Waals surface area contributed by atoms with E-state index in [1.807, 2.05) is 18.9 Å². The van der Waals surface area contributed by atoms with E-state index in [0.29, 0.717) is 6.42 Å². The Balaban J connectivity index is 3.97. The van der Waals surface area contributed by atoms with Crippen LogP contribution in [0.1, 0.15) is 13.3 Å². The van der Waals surface area contributed by atoms with Crippen LogP contribution >= 0.6 is 0 Å². The molecular weight excluding hydrogens is 166 g/mol. The molecule has 0 radical (unpaired) electrons. The summed E-state index contributed by atoms with van der Waals surface area (Å²) in [5, 5.41) is 0. The largest absolute Gasteiger partial charge is 0.361 e. The number of Topliss-reactive ketones (excluding diaryl/α,β-unsaturated/α-hetero) is 1. The molecule has 0 aromatic carbocycles. The normalized spacial score (nSPS) is 11.9. The van der Waals surface area contributed by atoms with Gasteiger partial charge in [0, 0.05) is 19.0 Å². The van der Waals surface area contributed by atoms with Gasteiger partial charge in [-0.3, -0.25) is 9.69 Å². The Labute approximate surface area is 78.5 Å². The van der Waals surface area contributed by atoms with Gasteiger partial charge in [0.25, 0.3) is 0 Å². The Morgan fingerprint density at radius 3 is 2.85 bits per heavy atom. The van der Waals surface area contributed by atoms with Gasteiger partial charge in [0.2, 0.25) is 5.78 Å². The van der Waals surface area contributed by atoms with Crippen LogP contribution in [0.15, 0.2) is 12.7 Å². The molecule has 0 saturated heterocycles. The van der Waals surface area contributed by atoms with Crippen molar-refractivity contribution < 1.29 is 9.58 Å². The molecule has 0 aliphatic rings. The smallest absolute Gasteiger partial charge is 0.323 e. The Morgan fingerprint density at radius 1 is 1.77 bits per heavy atom. The first kappa shape index (κ1) is 11.8. The number of ketones is 1. The molecule has 0 aromatic rings. The topological polar surface area (TPSA) is 56.7 Å². The number of rotatable bonds is 6. The second-order valence-corrected chi connectivity index (χ2v) is 2.99. The molecule has 0 N–H and O–H groups in total. The molecule has 0 fully saturated rings. The van der Waals surface area contributed by atoms with E-state index in [1.54, 1.807) is 6.08 Å². The maximum absolute atomic E-state index is 11.0. The SMILES string of the molecule is C=CCN(C)C(C)CC(=O)C=[N+]=[N-]. The first-order valence-corrected chi connectivity index (χ1v) is 4.13. The van der Waals surface area contributed by atoms with E-state index in [4.69, 9.17) is 5.53 Å². The summed E-state index contributed by atoms with van der Waals surface area (Å²) in [6.07, 6.45) is 3.06. The second-order valence-electron chi connectivity index (χ2n) is 2.99. The highest BCUT2D eigenvalue weighted by atomic mass is 16.1. The van der Waals surface area contributed by atoms with Crippen molar-refractivity contribution >= 4 is 12.0 Å². The first-order valence-electron chi connectivity index (χ1n) is 4.13. The molecule has 0 spiro atoms. The molecule has 13 heavy (non-hydrogen) atoms. The van der Waals surface area contributed by atoms with Gasteiger partial charge in [0.1, 0.15) is 0 Å². The van der Waals surface area contributed by atoms with Crippen molar-refractivity contribution in [2.24, 2.45) is 0 Å². The fourth-order valence-electron chi connectivity index (χ4n) is 0.948. The van der Waals surface area contributed by atoms with Crippen molar-refractivity contribution in [3.63, 3.8) is 0 Å². The first-order chi connectivity index (χ1) is 6.11. The van der Waals surface area contributed by atoms with E-state index in [2.05, 4.69) is 11.4 Å². The van der Waals surface area contributed by atoms with Crippen LogP contribution in [0.5, 0.6) is 0 Å². The van der Waals surface area contributed by atoms with Crippen molar-refractivity contribution in [2.45, 2.75) is 19.4 Å². The summed E-state index contributed by atoms with van der Waals surface area (Å²) in [6, 6.07) is 0.128. The summed E-state index contributed by atoms with van der Waals surface area (Å²) in [5.74, 6) is -0.175. The van der Waals surface area contributed by atoms with Crippen LogP contribution in [0.3, 0.4) is 0 Å². The van der Waals surface area contributed by atoms with Gasteiger partial charge in [0.15, 0.2) is 0 Å². The molecule has 0 bridgehead atoms. The molecule has 1 atom stereocenters. The van der Waals surface area contributed by atoms with E-state index in [0.717, 1.165) is 12.8 Å². The van der Waals surface area contributed by atoms with Gasteiger partial charge in [-0.15, -0.1) is 6.58 Å². The van der Waals surface area contributed by atoms with Gasteiger partial charge in [-0.2, -0.15) is 4.79 Å². The summed E-state index contributed by atoms with van der Waals surface area (Å²) >= 11 is 0. The number of carbonyl (C=O) groups excluding carboxylic acids is 1. The highest BCUT2D eigenvalue weighted by molar-refractivity contribution is 6.25. The molecular formula is C9H15N3O. The van der Waals surface area contributed by atoms with E-state index < -0.39 is 0 Å². The van der Waals surface area contributed by atoms with Crippen LogP contribution in [-0.2, 0) is 4.79 Å². The maximum atomic E-state index is 11.0. The van der Waals surface area contributed by atoms with Gasteiger partial charge in [0.05, 0.1) is 0 Å². The molecule has 4 nitrogen and oxygen atoms in total. The minimum Gasteiger partial charge on any atom is -0.361 e. The van der Waals surface area contributed by atoms with Gasteiger partial charge < -0.3 is 5.53 Å². The van der Waals surface area contributed by atoms with Crippen molar-refractivity contribution in [1.29, 1.82) is 0 Å². The number of hydrogen-bond acceptors (Lipinski definition) is 2. The fourth-order valence-corrected chi connectivity index (χ4v) is 0.948. The van der Waals surface area contributed by atoms with Gasteiger partial charge in [-0.05, 0) is 14.0 Å². The Bertz CT molecular complexity index is 231. The number of hydrogen-bond donors (Lipinski definition) is 0. The average Bonchev–Trinajstić information content (AvgIpc) is 2.05. The zero-order valence-electron chi connectivity index (χ0n) is 8.10. The van der Waals surface area contributed by atoms with Crippen LogP contribution in [0, 0.1) is 0 Å². The molecule has 0 rings (SSSR count). The Morgan fingerprint density at radius 2 is 2.38 bits per heavy atom. The highest BCUT2D eigenvalue weighted by Crippen LogP contribution is 2.00. The van der Waals surface area contributed by atoms with Gasteiger partial charge >= 0.3 is 6.21 Å². The standard InChI is InChI=1S/C9H15N3O/c1-4-5-12(3)8(2)6-9(13)7-11-10/h4,7-8H,1,5-6H2,2-3H3. The minimum absolute atomic E-state index is 0.128. The predicted molar refractivity (Wildman–Crippen MR) is 51.6 cm³/mol. The monoisotopic (exact) mass is 181 g/mol. The molecule has 0 aliphatic heterocycles. The molecule has 1 unspecified atom stereocenters. The molecule has 72 valence electrons. The molecule has 0 saturated carbocycles. The lowest BCUT2D eigenvalue weighted by molar-refractivity contribution is -0.117. The molecule has 0 amide bonds. The summed E-state index contributed by atoms with van der Waals surface area (Å²) in [5.41, 5.74) is 8.11. The van der Waals surface area contributed by atoms with Gasteiger partial charge in [-0.25, -0.2) is 0 Å². The summed E-state index contributed by atoms with van der Waals surface area (Å²) < 4.78 is 0. The quantitative estimate of drug-likeness (QED) is 0.263. The lowest BCUT2D eigenvalue weighted by Gasteiger charge is -2.21. The highest BCUT2D eigenvalue weighted by Gasteiger charge is 2.13. The van der Waals surface area contributed by atoms with E-state index in [9.17, 15) is 4.79 Å². The number of nitrogens with zero attached hydrogens (tertiary/aromatic N) is 3. The lowest BCUT2D eigenvalue weighted by Crippen LogP contribution is -2.31. The molecule has 0 aromatic heterocycles. The summed E-state index contributed by atoms with van der Waals surface area (Å²) in [6.45, 7) is 6.28. The Kier molecular flexibility index (Phi) is 5.68. The second kappa shape index (κ2) is 6.29. The summed E-state index contributed by atoms with van der Waals surface area (Å²) in [7, 11) is 1.91. The van der Waals surface area contributed by atoms with Crippen LogP contribution in [0.2, 0.25) is 0 Å². The molecule has 0 aliphatic carbocycles. The maximum Gasteiger partial charge on any atom is 0.323 e. The third kappa shape index (κ3) is 5.06. The molecule has 0 heterocycles. The number of likely N-dealkylation sites (N-methyl/N-ethyl adjacent to an activating group) is 1. The van der Waals surface area contributed by atoms with Crippen molar-refractivity contribution in [3.8, 4) is 0 Å². The predicted octanol–water partition coefficient (Wildman–Crippen LogP) is 0.752. The fraction of sp³-hybridized carbons (Fsp3) is 0.556. The Hall–Kier alpha value is -1.25. The number of carbonyl (C=O) groups is 1. The third-order valence-corrected chi connectivity index (χ3v) is 1.87. The van der Waals surface area contributed by atoms with Crippen molar-refractivity contribution in [3.05, 3.63) is 18.2 Å². The third-order valence-electron chi connectivity index (χ3n) is 1.87. The van der Waals surface area contributed by atoms with E-state index in [1.165, 1.54) is 0 Å². The zero-order chi connectivity index (χ0) is 10.3. The van der Waals surface area contributed by atoms with E-state index >= 15 is 0 Å². The van der Waals surface area contributed by atoms with Crippen molar-refractivity contribution in [1.82, 2.24) is 4.90 Å². The van der Waals surface area contributed by atoms with E-state index in [-0.39, 0.29) is 11.8 Å². The van der Waals surface area contributed by atoms with Crippen LogP contribution in [-0.4, -0.2) is 41.3 Å². The molecule has 4 heteroatoms. The minimum atomic E-state index is -0.175. The van der Waals surface area contributed by atoms with Crippen molar-refractivity contribution in [2.75, 3.05) is 13.6 Å².